The van der Waals surface area contributed by atoms with E-state index in [1.165, 1.54) is 35.5 Å². The summed E-state index contributed by atoms with van der Waals surface area (Å²) in [5, 5.41) is 10.4. The van der Waals surface area contributed by atoms with Crippen LogP contribution in [0.4, 0.5) is 0 Å². The number of methoxy groups -OCH3 is 5. The zero-order chi connectivity index (χ0) is 27.8. The third-order valence-electron chi connectivity index (χ3n) is 6.71. The molecule has 0 bridgehead atoms. The highest BCUT2D eigenvalue weighted by molar-refractivity contribution is 6.15. The number of aromatic hydroxyl groups is 1. The van der Waals surface area contributed by atoms with Crippen LogP contribution in [0.2, 0.25) is 0 Å². The van der Waals surface area contributed by atoms with Gasteiger partial charge in [0.15, 0.2) is 28.8 Å². The molecule has 0 aliphatic carbocycles. The Morgan fingerprint density at radius 2 is 1.41 bits per heavy atom. The van der Waals surface area contributed by atoms with Crippen molar-refractivity contribution in [1.29, 1.82) is 0 Å². The van der Waals surface area contributed by atoms with Gasteiger partial charge in [-0.1, -0.05) is 0 Å². The fourth-order valence-corrected chi connectivity index (χ4v) is 4.81. The summed E-state index contributed by atoms with van der Waals surface area (Å²) >= 11 is 0. The van der Waals surface area contributed by atoms with Crippen molar-refractivity contribution in [3.05, 3.63) is 64.4 Å². The number of ether oxygens (including phenoxy) is 7. The molecule has 2 heterocycles. The van der Waals surface area contributed by atoms with E-state index in [0.717, 1.165) is 0 Å². The summed E-state index contributed by atoms with van der Waals surface area (Å²) in [5.74, 6) is 0.810. The van der Waals surface area contributed by atoms with Crippen molar-refractivity contribution in [2.45, 2.75) is 12.3 Å². The minimum absolute atomic E-state index is 0.0271. The molecule has 0 saturated heterocycles. The number of phenols is 1. The fraction of sp³-hybridized carbons (Fsp3) is 0.241. The number of allylic oxidation sites excluding steroid dienone is 1. The number of hydrogen-bond acceptors (Lipinski definition) is 10. The lowest BCUT2D eigenvalue weighted by molar-refractivity contribution is -0.135. The van der Waals surface area contributed by atoms with E-state index in [1.54, 1.807) is 42.5 Å². The van der Waals surface area contributed by atoms with Gasteiger partial charge in [0.05, 0.1) is 47.5 Å². The van der Waals surface area contributed by atoms with Crippen molar-refractivity contribution in [1.82, 2.24) is 0 Å². The molecular weight excluding hydrogens is 508 g/mol. The molecule has 10 heteroatoms. The quantitative estimate of drug-likeness (QED) is 0.264. The summed E-state index contributed by atoms with van der Waals surface area (Å²) in [7, 11) is 7.36. The standard InChI is InChI=1S/C29H26O10/c1-33-19-13-21(35-3)20(34-2)10-15(19)11-24-27(31)16-6-7-18-26(29(16)39-24)17(12-25(30)38-18)14-8-22(36-4)28(32)23(9-14)37-5/h6-11,13,17,32H,12H2,1-5H3/b24-11-/t17-/m0/s1. The largest absolute Gasteiger partial charge is 0.502 e. The van der Waals surface area contributed by atoms with Gasteiger partial charge < -0.3 is 38.3 Å². The van der Waals surface area contributed by atoms with Crippen LogP contribution in [0.1, 0.15) is 39.4 Å². The summed E-state index contributed by atoms with van der Waals surface area (Å²) in [6, 6.07) is 9.71. The minimum Gasteiger partial charge on any atom is -0.502 e. The van der Waals surface area contributed by atoms with Crippen LogP contribution in [-0.2, 0) is 4.79 Å². The number of ketones is 1. The second-order valence-electron chi connectivity index (χ2n) is 8.75. The first kappa shape index (κ1) is 25.8. The molecule has 3 aromatic carbocycles. The monoisotopic (exact) mass is 534 g/mol. The Balaban J connectivity index is 1.63. The van der Waals surface area contributed by atoms with Gasteiger partial charge in [0.25, 0.3) is 0 Å². The molecule has 3 aromatic rings. The molecule has 0 saturated carbocycles. The molecule has 10 nitrogen and oxygen atoms in total. The predicted octanol–water partition coefficient (Wildman–Crippen LogP) is 4.49. The number of phenolic OH excluding ortho intramolecular Hbond substituents is 1. The van der Waals surface area contributed by atoms with Crippen LogP contribution in [0.15, 0.2) is 42.2 Å². The Bertz CT molecular complexity index is 1500. The van der Waals surface area contributed by atoms with Crippen molar-refractivity contribution in [3.8, 4) is 46.0 Å². The fourth-order valence-electron chi connectivity index (χ4n) is 4.81. The van der Waals surface area contributed by atoms with Crippen LogP contribution in [0, 0.1) is 0 Å². The van der Waals surface area contributed by atoms with Crippen molar-refractivity contribution >= 4 is 17.8 Å². The highest BCUT2D eigenvalue weighted by Crippen LogP contribution is 2.51. The number of carbonyl (C=O) groups excluding carboxylic acids is 2. The third-order valence-corrected chi connectivity index (χ3v) is 6.71. The Morgan fingerprint density at radius 3 is 2.03 bits per heavy atom. The lowest BCUT2D eigenvalue weighted by Crippen LogP contribution is -2.21. The van der Waals surface area contributed by atoms with Gasteiger partial charge in [-0.15, -0.1) is 0 Å². The number of hydrogen-bond donors (Lipinski definition) is 1. The maximum absolute atomic E-state index is 13.4. The summed E-state index contributed by atoms with van der Waals surface area (Å²) in [5.41, 5.74) is 2.00. The molecule has 0 unspecified atom stereocenters. The second-order valence-corrected chi connectivity index (χ2v) is 8.75. The SMILES string of the molecule is COc1cc(OC)c(OC)cc1/C=C1\Oc2c(ccc3c2[C@H](c2cc(OC)c(O)c(OC)c2)CC(=O)O3)C1=O. The summed E-state index contributed by atoms with van der Waals surface area (Å²) < 4.78 is 38.5. The van der Waals surface area contributed by atoms with Gasteiger partial charge in [-0.2, -0.15) is 0 Å². The number of carbonyl (C=O) groups is 2. The van der Waals surface area contributed by atoms with E-state index in [-0.39, 0.29) is 46.7 Å². The molecule has 0 amide bonds. The Labute approximate surface area is 224 Å². The van der Waals surface area contributed by atoms with Gasteiger partial charge in [-0.25, -0.2) is 0 Å². The number of benzene rings is 3. The second kappa shape index (κ2) is 10.1. The molecule has 1 N–H and O–H groups in total. The maximum Gasteiger partial charge on any atom is 0.312 e. The molecule has 0 radical (unpaired) electrons. The van der Waals surface area contributed by atoms with E-state index in [1.807, 2.05) is 0 Å². The molecule has 1 atom stereocenters. The van der Waals surface area contributed by atoms with Crippen LogP contribution >= 0.6 is 0 Å². The van der Waals surface area contributed by atoms with Crippen LogP contribution in [0.25, 0.3) is 6.08 Å². The summed E-state index contributed by atoms with van der Waals surface area (Å²) in [6.45, 7) is 0. The van der Waals surface area contributed by atoms with E-state index < -0.39 is 11.9 Å². The first-order valence-electron chi connectivity index (χ1n) is 11.9. The van der Waals surface area contributed by atoms with Gasteiger partial charge in [-0.05, 0) is 42.0 Å². The number of Topliss-reactive ketones (excluding diaryl/α,β-unsaturated/α-hetero) is 1. The average molecular weight is 535 g/mol. The normalized spacial score (nSPS) is 16.6. The zero-order valence-corrected chi connectivity index (χ0v) is 21.9. The summed E-state index contributed by atoms with van der Waals surface area (Å²) in [6.07, 6.45) is 1.53. The summed E-state index contributed by atoms with van der Waals surface area (Å²) in [4.78, 5) is 26.0. The lowest BCUT2D eigenvalue weighted by Gasteiger charge is -2.27. The molecule has 0 spiro atoms. The molecule has 39 heavy (non-hydrogen) atoms. The first-order chi connectivity index (χ1) is 18.8. The van der Waals surface area contributed by atoms with Gasteiger partial charge >= 0.3 is 5.97 Å². The Hall–Kier alpha value is -4.86. The molecular formula is C29H26O10. The van der Waals surface area contributed by atoms with Crippen molar-refractivity contribution in [2.75, 3.05) is 35.5 Å². The third kappa shape index (κ3) is 4.33. The van der Waals surface area contributed by atoms with Crippen molar-refractivity contribution < 1.29 is 47.9 Å². The van der Waals surface area contributed by atoms with Crippen molar-refractivity contribution in [3.63, 3.8) is 0 Å². The van der Waals surface area contributed by atoms with Crippen LogP contribution in [-0.4, -0.2) is 52.4 Å². The topological polar surface area (TPSA) is 119 Å². The number of esters is 1. The van der Waals surface area contributed by atoms with E-state index in [9.17, 15) is 14.7 Å². The minimum atomic E-state index is -0.567. The van der Waals surface area contributed by atoms with E-state index in [4.69, 9.17) is 33.2 Å². The zero-order valence-electron chi connectivity index (χ0n) is 21.9. The molecule has 0 fully saturated rings. The highest BCUT2D eigenvalue weighted by Gasteiger charge is 2.39. The highest BCUT2D eigenvalue weighted by atomic mass is 16.5. The number of rotatable bonds is 7. The van der Waals surface area contributed by atoms with Crippen LogP contribution in [0.3, 0.4) is 0 Å². The Morgan fingerprint density at radius 1 is 0.795 bits per heavy atom. The Kier molecular flexibility index (Phi) is 6.69. The molecule has 202 valence electrons. The van der Waals surface area contributed by atoms with Crippen LogP contribution < -0.4 is 33.2 Å². The molecule has 5 rings (SSSR count). The smallest absolute Gasteiger partial charge is 0.312 e. The van der Waals surface area contributed by atoms with E-state index >= 15 is 0 Å². The van der Waals surface area contributed by atoms with Crippen LogP contribution in [0.5, 0.6) is 46.0 Å². The van der Waals surface area contributed by atoms with Gasteiger partial charge in [0, 0.05) is 23.1 Å². The molecule has 2 aliphatic rings. The predicted molar refractivity (Wildman–Crippen MR) is 139 cm³/mol. The van der Waals surface area contributed by atoms with Gasteiger partial charge in [-0.3, -0.25) is 9.59 Å². The van der Waals surface area contributed by atoms with Gasteiger partial charge in [0.1, 0.15) is 17.2 Å². The first-order valence-corrected chi connectivity index (χ1v) is 11.9. The molecule has 2 aliphatic heterocycles. The lowest BCUT2D eigenvalue weighted by atomic mass is 9.84. The maximum atomic E-state index is 13.4. The molecule has 0 aromatic heterocycles. The average Bonchev–Trinajstić information content (AvgIpc) is 3.26. The van der Waals surface area contributed by atoms with Crippen molar-refractivity contribution in [2.24, 2.45) is 0 Å². The van der Waals surface area contributed by atoms with Gasteiger partial charge in [0.2, 0.25) is 11.5 Å². The van der Waals surface area contributed by atoms with E-state index in [0.29, 0.717) is 39.5 Å². The van der Waals surface area contributed by atoms with E-state index in [2.05, 4.69) is 0 Å². The number of fused-ring (bicyclic) bond motifs is 3.